The number of thiazole rings is 1. The number of aromatic hydroxyl groups is 1. The average molecular weight is 425 g/mol. The Hall–Kier alpha value is -2.97. The third kappa shape index (κ3) is 3.42. The minimum Gasteiger partial charge on any atom is -0.492 e. The summed E-state index contributed by atoms with van der Waals surface area (Å²) in [7, 11) is 0. The molecule has 0 aliphatic carbocycles. The monoisotopic (exact) mass is 424 g/mol. The maximum atomic E-state index is 13.3. The van der Waals surface area contributed by atoms with Crippen LogP contribution in [0.5, 0.6) is 5.88 Å². The number of hydrogen-bond donors (Lipinski definition) is 2. The van der Waals surface area contributed by atoms with Crippen LogP contribution in [0.15, 0.2) is 54.6 Å². The summed E-state index contributed by atoms with van der Waals surface area (Å²) in [5, 5.41) is 15.3. The van der Waals surface area contributed by atoms with Crippen LogP contribution in [0.4, 0.5) is 10.1 Å². The molecule has 2 N–H and O–H groups in total. The van der Waals surface area contributed by atoms with Crippen LogP contribution in [0.3, 0.4) is 0 Å². The van der Waals surface area contributed by atoms with Crippen molar-refractivity contribution in [2.45, 2.75) is 13.0 Å². The summed E-state index contributed by atoms with van der Waals surface area (Å²) in [4.78, 5) is 9.71. The molecule has 0 spiro atoms. The SMILES string of the molecule is Cc1nc2sc([C@@H](c3ccccc3)[NH+]3CCN(c4ccc(F)cc4)CC3)c(O)n2n1. The largest absolute Gasteiger partial charge is 0.492 e. The first-order valence-electron chi connectivity index (χ1n) is 10.1. The molecular weight excluding hydrogens is 401 g/mol. The summed E-state index contributed by atoms with van der Waals surface area (Å²) in [6.45, 7) is 5.37. The minimum absolute atomic E-state index is 0.00961. The number of halogens is 1. The molecular formula is C22H23FN5OS+. The number of hydrogen-bond acceptors (Lipinski definition) is 5. The van der Waals surface area contributed by atoms with E-state index in [0.29, 0.717) is 10.8 Å². The zero-order valence-corrected chi connectivity index (χ0v) is 17.4. The Labute approximate surface area is 177 Å². The van der Waals surface area contributed by atoms with Gasteiger partial charge in [-0.1, -0.05) is 41.7 Å². The van der Waals surface area contributed by atoms with Crippen molar-refractivity contribution in [3.8, 4) is 5.88 Å². The number of aryl methyl sites for hydroxylation is 1. The highest BCUT2D eigenvalue weighted by atomic mass is 32.1. The fourth-order valence-electron chi connectivity index (χ4n) is 4.25. The molecule has 1 atom stereocenters. The van der Waals surface area contributed by atoms with Gasteiger partial charge in [-0.2, -0.15) is 4.52 Å². The van der Waals surface area contributed by atoms with Crippen molar-refractivity contribution in [1.82, 2.24) is 14.6 Å². The van der Waals surface area contributed by atoms with Crippen molar-refractivity contribution in [3.05, 3.63) is 76.7 Å². The Bertz CT molecular complexity index is 1150. The number of aromatic nitrogens is 3. The van der Waals surface area contributed by atoms with Gasteiger partial charge in [-0.05, 0) is 31.2 Å². The second-order valence-corrected chi connectivity index (χ2v) is 8.62. The number of nitrogens with zero attached hydrogens (tertiary/aromatic N) is 4. The number of rotatable bonds is 4. The third-order valence-electron chi connectivity index (χ3n) is 5.71. The summed E-state index contributed by atoms with van der Waals surface area (Å²) in [6.07, 6.45) is 0. The molecule has 154 valence electrons. The van der Waals surface area contributed by atoms with E-state index in [2.05, 4.69) is 27.1 Å². The molecule has 0 bridgehead atoms. The molecule has 1 aliphatic heterocycles. The first-order valence-corrected chi connectivity index (χ1v) is 10.9. The van der Waals surface area contributed by atoms with Gasteiger partial charge in [0, 0.05) is 11.3 Å². The van der Waals surface area contributed by atoms with E-state index in [-0.39, 0.29) is 17.7 Å². The Morgan fingerprint density at radius 3 is 2.43 bits per heavy atom. The van der Waals surface area contributed by atoms with Gasteiger partial charge in [-0.15, -0.1) is 5.10 Å². The zero-order valence-electron chi connectivity index (χ0n) is 16.6. The highest BCUT2D eigenvalue weighted by molar-refractivity contribution is 7.17. The zero-order chi connectivity index (χ0) is 20.7. The molecule has 0 radical (unpaired) electrons. The normalized spacial score (nSPS) is 16.3. The van der Waals surface area contributed by atoms with Gasteiger partial charge in [0.2, 0.25) is 10.8 Å². The molecule has 3 heterocycles. The first kappa shape index (κ1) is 19.0. The Balaban J connectivity index is 1.45. The molecule has 2 aromatic carbocycles. The third-order valence-corrected chi connectivity index (χ3v) is 6.79. The molecule has 4 aromatic rings. The van der Waals surface area contributed by atoms with Gasteiger partial charge < -0.3 is 14.9 Å². The topological polar surface area (TPSA) is 58.1 Å². The van der Waals surface area contributed by atoms with Crippen molar-refractivity contribution in [1.29, 1.82) is 0 Å². The molecule has 1 saturated heterocycles. The van der Waals surface area contributed by atoms with Crippen LogP contribution in [0.25, 0.3) is 4.96 Å². The second-order valence-electron chi connectivity index (χ2n) is 7.61. The van der Waals surface area contributed by atoms with Crippen LogP contribution in [0.1, 0.15) is 22.3 Å². The molecule has 0 unspecified atom stereocenters. The number of quaternary nitrogens is 1. The van der Waals surface area contributed by atoms with Gasteiger partial charge in [-0.25, -0.2) is 9.37 Å². The molecule has 0 amide bonds. The smallest absolute Gasteiger partial charge is 0.235 e. The van der Waals surface area contributed by atoms with Crippen LogP contribution in [0, 0.1) is 12.7 Å². The first-order chi connectivity index (χ1) is 14.6. The van der Waals surface area contributed by atoms with Gasteiger partial charge in [0.05, 0.1) is 26.2 Å². The van der Waals surface area contributed by atoms with Crippen LogP contribution < -0.4 is 9.80 Å². The predicted octanol–water partition coefficient (Wildman–Crippen LogP) is 2.44. The van der Waals surface area contributed by atoms with Crippen LogP contribution >= 0.6 is 11.3 Å². The van der Waals surface area contributed by atoms with E-state index >= 15 is 0 Å². The lowest BCUT2D eigenvalue weighted by Gasteiger charge is -2.37. The van der Waals surface area contributed by atoms with Gasteiger partial charge in [0.25, 0.3) is 0 Å². The van der Waals surface area contributed by atoms with Crippen LogP contribution in [-0.2, 0) is 0 Å². The number of benzene rings is 2. The molecule has 8 heteroatoms. The van der Waals surface area contributed by atoms with E-state index in [1.807, 2.05) is 37.3 Å². The number of fused-ring (bicyclic) bond motifs is 1. The molecule has 5 rings (SSSR count). The van der Waals surface area contributed by atoms with Crippen molar-refractivity contribution < 1.29 is 14.4 Å². The van der Waals surface area contributed by atoms with Gasteiger partial charge >= 0.3 is 0 Å². The van der Waals surface area contributed by atoms with Gasteiger partial charge in [-0.3, -0.25) is 0 Å². The molecule has 2 aromatic heterocycles. The lowest BCUT2D eigenvalue weighted by atomic mass is 10.0. The van der Waals surface area contributed by atoms with Crippen molar-refractivity contribution in [2.75, 3.05) is 31.1 Å². The molecule has 1 fully saturated rings. The van der Waals surface area contributed by atoms with E-state index in [1.54, 1.807) is 4.52 Å². The van der Waals surface area contributed by atoms with Crippen LogP contribution in [0.2, 0.25) is 0 Å². The molecule has 30 heavy (non-hydrogen) atoms. The summed E-state index contributed by atoms with van der Waals surface area (Å²) in [6, 6.07) is 17.0. The average Bonchev–Trinajstić information content (AvgIpc) is 3.27. The fourth-order valence-corrected chi connectivity index (χ4v) is 5.43. The lowest BCUT2D eigenvalue weighted by molar-refractivity contribution is -0.925. The van der Waals surface area contributed by atoms with Crippen molar-refractivity contribution >= 4 is 22.0 Å². The standard InChI is InChI=1S/C22H22FN5OS/c1-15-24-22-28(25-15)21(29)20(30-22)19(16-5-3-2-4-6-16)27-13-11-26(12-14-27)18-9-7-17(23)8-10-18/h2-10,19,29H,11-14H2,1H3/p+1/t19-/m1/s1. The van der Waals surface area contributed by atoms with E-state index in [0.717, 1.165) is 36.7 Å². The predicted molar refractivity (Wildman–Crippen MR) is 115 cm³/mol. The summed E-state index contributed by atoms with van der Waals surface area (Å²) in [5.74, 6) is 0.617. The summed E-state index contributed by atoms with van der Waals surface area (Å²) in [5.41, 5.74) is 2.21. The Morgan fingerprint density at radius 1 is 1.07 bits per heavy atom. The molecule has 0 saturated carbocycles. The second kappa shape index (κ2) is 7.70. The lowest BCUT2D eigenvalue weighted by Crippen LogP contribution is -3.15. The molecule has 1 aliphatic rings. The van der Waals surface area contributed by atoms with Crippen molar-refractivity contribution in [3.63, 3.8) is 0 Å². The minimum atomic E-state index is -0.214. The number of nitrogens with one attached hydrogen (secondary N) is 1. The van der Waals surface area contributed by atoms with Gasteiger partial charge in [0.1, 0.15) is 16.5 Å². The Kier molecular flexibility index (Phi) is 4.88. The van der Waals surface area contributed by atoms with Crippen molar-refractivity contribution in [2.24, 2.45) is 0 Å². The fraction of sp³-hybridized carbons (Fsp3) is 0.273. The molecule has 6 nitrogen and oxygen atoms in total. The summed E-state index contributed by atoms with van der Waals surface area (Å²) < 4.78 is 14.8. The highest BCUT2D eigenvalue weighted by Gasteiger charge is 2.34. The summed E-state index contributed by atoms with van der Waals surface area (Å²) >= 11 is 1.50. The highest BCUT2D eigenvalue weighted by Crippen LogP contribution is 2.35. The quantitative estimate of drug-likeness (QED) is 0.528. The maximum Gasteiger partial charge on any atom is 0.235 e. The van der Waals surface area contributed by atoms with E-state index in [4.69, 9.17) is 0 Å². The van der Waals surface area contributed by atoms with E-state index in [9.17, 15) is 9.50 Å². The maximum absolute atomic E-state index is 13.3. The number of piperazine rings is 1. The van der Waals surface area contributed by atoms with Crippen LogP contribution in [-0.4, -0.2) is 45.9 Å². The van der Waals surface area contributed by atoms with E-state index < -0.39 is 0 Å². The van der Waals surface area contributed by atoms with Gasteiger partial charge in [0.15, 0.2) is 6.04 Å². The number of anilines is 1. The van der Waals surface area contributed by atoms with E-state index in [1.165, 1.54) is 33.9 Å². The Morgan fingerprint density at radius 2 is 1.77 bits per heavy atom.